The van der Waals surface area contributed by atoms with E-state index in [0.717, 1.165) is 38.8 Å². The van der Waals surface area contributed by atoms with Crippen LogP contribution >= 0.6 is 34.7 Å². The zero-order valence-corrected chi connectivity index (χ0v) is 25.0. The summed E-state index contributed by atoms with van der Waals surface area (Å²) in [6.07, 6.45) is 0.827. The zero-order chi connectivity index (χ0) is 28.7. The number of para-hydroxylation sites is 1. The van der Waals surface area contributed by atoms with Crippen molar-refractivity contribution in [2.24, 2.45) is 29.6 Å². The molecule has 4 aromatic rings. The van der Waals surface area contributed by atoms with Gasteiger partial charge in [-0.05, 0) is 72.6 Å². The third-order valence-corrected chi connectivity index (χ3v) is 12.5. The van der Waals surface area contributed by atoms with Crippen LogP contribution in [0.1, 0.15) is 33.9 Å². The largest absolute Gasteiger partial charge is 0.489 e. The Hall–Kier alpha value is -3.33. The fourth-order valence-corrected chi connectivity index (χ4v) is 11.1. The topological polar surface area (TPSA) is 79.5 Å². The molecule has 7 atom stereocenters. The van der Waals surface area contributed by atoms with Gasteiger partial charge in [0.05, 0.1) is 22.5 Å². The predicted octanol–water partition coefficient (Wildman–Crippen LogP) is 6.66. The van der Waals surface area contributed by atoms with Crippen LogP contribution in [0, 0.1) is 36.5 Å². The molecule has 2 aliphatic heterocycles. The van der Waals surface area contributed by atoms with E-state index < -0.39 is 0 Å². The van der Waals surface area contributed by atoms with Gasteiger partial charge in [-0.1, -0.05) is 65.4 Å². The summed E-state index contributed by atoms with van der Waals surface area (Å²) in [6.45, 7) is 2.47. The lowest BCUT2D eigenvalue weighted by Crippen LogP contribution is -2.42. The van der Waals surface area contributed by atoms with Gasteiger partial charge in [-0.2, -0.15) is 0 Å². The van der Waals surface area contributed by atoms with E-state index in [1.54, 1.807) is 11.8 Å². The van der Waals surface area contributed by atoms with Crippen LogP contribution in [-0.2, 0) is 16.2 Å². The lowest BCUT2D eigenvalue weighted by Gasteiger charge is -2.43. The van der Waals surface area contributed by atoms with Crippen LogP contribution in [0.5, 0.6) is 5.75 Å². The monoisotopic (exact) mass is 614 g/mol. The number of anilines is 1. The van der Waals surface area contributed by atoms with E-state index in [0.29, 0.717) is 17.3 Å². The molecule has 0 spiro atoms. The molecule has 1 saturated heterocycles. The number of H-pyrrole nitrogens is 1. The van der Waals surface area contributed by atoms with Gasteiger partial charge < -0.3 is 9.72 Å². The third kappa shape index (κ3) is 3.88. The highest BCUT2D eigenvalue weighted by molar-refractivity contribution is 8.00. The number of rotatable bonds is 5. The summed E-state index contributed by atoms with van der Waals surface area (Å²) in [5.41, 5.74) is 3.82. The Morgan fingerprint density at radius 3 is 2.48 bits per heavy atom. The normalized spacial score (nSPS) is 29.0. The van der Waals surface area contributed by atoms with Crippen LogP contribution in [0.25, 0.3) is 0 Å². The minimum atomic E-state index is -0.361. The summed E-state index contributed by atoms with van der Waals surface area (Å²) in [7, 11) is 0. The zero-order valence-electron chi connectivity index (χ0n) is 22.7. The van der Waals surface area contributed by atoms with Crippen LogP contribution in [0.15, 0.2) is 82.6 Å². The number of imide groups is 1. The van der Waals surface area contributed by atoms with Crippen molar-refractivity contribution < 1.29 is 14.3 Å². The number of amides is 2. The van der Waals surface area contributed by atoms with Crippen molar-refractivity contribution in [2.45, 2.75) is 36.1 Å². The number of carbonyl (C=O) groups is 2. The van der Waals surface area contributed by atoms with Crippen molar-refractivity contribution in [2.75, 3.05) is 4.90 Å². The van der Waals surface area contributed by atoms with Crippen molar-refractivity contribution in [3.63, 3.8) is 0 Å². The number of carbonyl (C=O) groups excluding carboxylic acids is 2. The molecule has 4 aliphatic rings. The maximum Gasteiger partial charge on any atom is 0.305 e. The van der Waals surface area contributed by atoms with Crippen LogP contribution in [0.4, 0.5) is 5.69 Å². The number of thiazole rings is 1. The first-order chi connectivity index (χ1) is 20.4. The molecule has 2 saturated carbocycles. The second-order valence-corrected chi connectivity index (χ2v) is 14.3. The van der Waals surface area contributed by atoms with E-state index in [1.807, 2.05) is 60.7 Å². The number of benzene rings is 3. The lowest BCUT2D eigenvalue weighted by molar-refractivity contribution is -0.123. The number of aromatic amines is 1. The Balaban J connectivity index is 1.21. The molecule has 3 heterocycles. The highest BCUT2D eigenvalue weighted by Crippen LogP contribution is 2.69. The van der Waals surface area contributed by atoms with E-state index >= 15 is 0 Å². The molecule has 8 rings (SSSR count). The Morgan fingerprint density at radius 2 is 1.69 bits per heavy atom. The van der Waals surface area contributed by atoms with E-state index in [2.05, 4.69) is 24.0 Å². The van der Waals surface area contributed by atoms with Gasteiger partial charge in [-0.15, -0.1) is 11.8 Å². The molecule has 9 heteroatoms. The molecule has 3 fully saturated rings. The first-order valence-corrected chi connectivity index (χ1v) is 16.3. The number of hydrogen-bond acceptors (Lipinski definition) is 6. The molecule has 2 amide bonds. The summed E-state index contributed by atoms with van der Waals surface area (Å²) in [6, 6.07) is 23.1. The van der Waals surface area contributed by atoms with Crippen molar-refractivity contribution in [3.8, 4) is 5.75 Å². The number of thioether (sulfide) groups is 1. The number of fused-ring (bicyclic) bond motifs is 9. The smallest absolute Gasteiger partial charge is 0.305 e. The molecule has 1 aromatic heterocycles. The second kappa shape index (κ2) is 9.86. The molecule has 0 unspecified atom stereocenters. The average molecular weight is 615 g/mol. The number of halogens is 1. The van der Waals surface area contributed by atoms with Gasteiger partial charge in [0.1, 0.15) is 12.4 Å². The standard InChI is InChI=1S/C33H27ClN2O4S2/c1-16-7-5-6-8-17(16)15-40-23-12-11-18(34)13-20(23)24-25-21-14-22(28(25)41-30-29(24)42-33(39)35-30)27-26(21)31(37)36(32(27)38)19-9-3-2-4-10-19/h2-13,21-22,24-28H,14-15H2,1H3,(H,35,39)/t21-,22-,24+,25+,26+,27+,28-/m1/s1. The average Bonchev–Trinajstić information content (AvgIpc) is 3.72. The highest BCUT2D eigenvalue weighted by atomic mass is 35.5. The van der Waals surface area contributed by atoms with Crippen molar-refractivity contribution in [1.82, 2.24) is 4.98 Å². The van der Waals surface area contributed by atoms with Crippen molar-refractivity contribution in [1.29, 1.82) is 0 Å². The molecule has 2 aliphatic carbocycles. The number of nitrogens with one attached hydrogen (secondary N) is 1. The highest BCUT2D eigenvalue weighted by Gasteiger charge is 2.69. The summed E-state index contributed by atoms with van der Waals surface area (Å²) in [4.78, 5) is 45.8. The van der Waals surface area contributed by atoms with Crippen molar-refractivity contribution >= 4 is 52.2 Å². The van der Waals surface area contributed by atoms with Gasteiger partial charge in [0.2, 0.25) is 11.8 Å². The molecular formula is C33H27ClN2O4S2. The Bertz CT molecular complexity index is 1800. The number of ether oxygens (including phenoxy) is 1. The number of nitrogens with zero attached hydrogens (tertiary/aromatic N) is 1. The van der Waals surface area contributed by atoms with Crippen LogP contribution in [-0.4, -0.2) is 22.0 Å². The minimum absolute atomic E-state index is 0.0150. The van der Waals surface area contributed by atoms with Gasteiger partial charge in [0.25, 0.3) is 0 Å². The third-order valence-electron chi connectivity index (χ3n) is 9.69. The SMILES string of the molecule is Cc1ccccc1COc1ccc(Cl)cc1[C@@H]1c2sc(=O)[nH]c2S[C@@H]2[C@@H]3C[C@@H]([C@@H]4C(=O)N(c5ccccc5)C(=O)[C@@H]34)[C@@H]12. The van der Waals surface area contributed by atoms with E-state index in [-0.39, 0.29) is 57.4 Å². The van der Waals surface area contributed by atoms with E-state index in [4.69, 9.17) is 16.3 Å². The molecule has 6 nitrogen and oxygen atoms in total. The van der Waals surface area contributed by atoms with Crippen LogP contribution < -0.4 is 14.5 Å². The molecule has 212 valence electrons. The fraction of sp³-hybridized carbons (Fsp3) is 0.303. The van der Waals surface area contributed by atoms with E-state index in [9.17, 15) is 14.4 Å². The lowest BCUT2D eigenvalue weighted by atomic mass is 9.68. The van der Waals surface area contributed by atoms with Gasteiger partial charge in [-0.3, -0.25) is 19.3 Å². The molecular weight excluding hydrogens is 588 g/mol. The second-order valence-electron chi connectivity index (χ2n) is 11.7. The Labute approximate surface area is 256 Å². The summed E-state index contributed by atoms with van der Waals surface area (Å²) in [5, 5.41) is 1.55. The van der Waals surface area contributed by atoms with Gasteiger partial charge in [-0.25, -0.2) is 0 Å². The fourth-order valence-electron chi connectivity index (χ4n) is 8.02. The van der Waals surface area contributed by atoms with Crippen molar-refractivity contribution in [3.05, 3.63) is 109 Å². The molecule has 0 radical (unpaired) electrons. The first kappa shape index (κ1) is 26.3. The van der Waals surface area contributed by atoms with Gasteiger partial charge in [0.15, 0.2) is 0 Å². The summed E-state index contributed by atoms with van der Waals surface area (Å²) >= 11 is 9.53. The molecule has 42 heavy (non-hydrogen) atoms. The molecule has 1 N–H and O–H groups in total. The van der Waals surface area contributed by atoms with Crippen LogP contribution in [0.3, 0.4) is 0 Å². The van der Waals surface area contributed by atoms with Gasteiger partial charge >= 0.3 is 4.87 Å². The van der Waals surface area contributed by atoms with Gasteiger partial charge in [0, 0.05) is 26.6 Å². The maximum atomic E-state index is 14.0. The Morgan fingerprint density at radius 1 is 0.952 bits per heavy atom. The number of aromatic nitrogens is 1. The number of hydrogen-bond donors (Lipinski definition) is 1. The quantitative estimate of drug-likeness (QED) is 0.255. The minimum Gasteiger partial charge on any atom is -0.489 e. The first-order valence-electron chi connectivity index (χ1n) is 14.2. The predicted molar refractivity (Wildman–Crippen MR) is 164 cm³/mol. The van der Waals surface area contributed by atoms with E-state index in [1.165, 1.54) is 16.2 Å². The maximum absolute atomic E-state index is 14.0. The summed E-state index contributed by atoms with van der Waals surface area (Å²) < 4.78 is 6.48. The Kier molecular flexibility index (Phi) is 6.18. The summed E-state index contributed by atoms with van der Waals surface area (Å²) in [5.74, 6) is -0.201. The van der Waals surface area contributed by atoms with Crippen LogP contribution in [0.2, 0.25) is 5.02 Å². The molecule has 3 aromatic carbocycles. The molecule has 2 bridgehead atoms. The number of aryl methyl sites for hydroxylation is 1.